The Bertz CT molecular complexity index is 684. The minimum atomic E-state index is -0.863. The minimum absolute atomic E-state index is 0.420. The Kier molecular flexibility index (Phi) is 5.29. The van der Waals surface area contributed by atoms with Crippen molar-refractivity contribution in [2.75, 3.05) is 5.32 Å². The molecule has 0 radical (unpaired) electrons. The molecule has 116 valence electrons. The van der Waals surface area contributed by atoms with E-state index in [2.05, 4.69) is 26.2 Å². The zero-order valence-electron chi connectivity index (χ0n) is 11.5. The van der Waals surface area contributed by atoms with E-state index < -0.39 is 18.1 Å². The number of urea groups is 1. The lowest BCUT2D eigenvalue weighted by molar-refractivity contribution is 0.219. The van der Waals surface area contributed by atoms with Gasteiger partial charge in [-0.1, -0.05) is 6.07 Å². The van der Waals surface area contributed by atoms with E-state index in [4.69, 9.17) is 4.74 Å². The molecule has 0 fully saturated rings. The molecule has 2 aromatic rings. The van der Waals surface area contributed by atoms with Crippen molar-refractivity contribution in [2.24, 2.45) is 0 Å². The predicted octanol–water partition coefficient (Wildman–Crippen LogP) is 3.74. The largest absolute Gasteiger partial charge is 0.758 e. The van der Waals surface area contributed by atoms with Crippen LogP contribution in [0.5, 0.6) is 5.75 Å². The fourth-order valence-corrected chi connectivity index (χ4v) is 2.20. The number of hydrogen-bond donors (Lipinski definition) is 2. The van der Waals surface area contributed by atoms with Crippen LogP contribution in [0.4, 0.5) is 14.9 Å². The van der Waals surface area contributed by atoms with E-state index in [1.54, 1.807) is 37.3 Å². The highest BCUT2D eigenvalue weighted by atomic mass is 79.9. The Morgan fingerprint density at radius 2 is 2.18 bits per heavy atom. The van der Waals surface area contributed by atoms with Crippen molar-refractivity contribution in [2.45, 2.75) is 13.0 Å². The molecule has 0 aliphatic heterocycles. The molecule has 1 aromatic heterocycles. The van der Waals surface area contributed by atoms with Crippen molar-refractivity contribution >= 4 is 27.6 Å². The zero-order chi connectivity index (χ0) is 16.1. The van der Waals surface area contributed by atoms with E-state index in [0.29, 0.717) is 21.6 Å². The third-order valence-electron chi connectivity index (χ3n) is 2.74. The summed E-state index contributed by atoms with van der Waals surface area (Å²) in [7, 11) is 0. The van der Waals surface area contributed by atoms with Crippen LogP contribution in [0.25, 0.3) is 0 Å². The second-order valence-electron chi connectivity index (χ2n) is 4.35. The summed E-state index contributed by atoms with van der Waals surface area (Å²) in [5.41, 5.74) is 2.09. The van der Waals surface area contributed by atoms with Crippen LogP contribution < -0.4 is 15.5 Å². The van der Waals surface area contributed by atoms with Crippen molar-refractivity contribution in [1.29, 1.82) is 0 Å². The average Bonchev–Trinajstić information content (AvgIpc) is 2.49. The maximum atomic E-state index is 13.1. The second kappa shape index (κ2) is 7.19. The molecule has 1 atom stereocenters. The summed E-state index contributed by atoms with van der Waals surface area (Å²) >= 11 is 3.31. The second-order valence-corrected chi connectivity index (χ2v) is 5.20. The standard InChI is InChI=1S/C14H12BrFN3O3/c1-8(11-3-2-4-13(16)18-11)22-12-6-5-9(7-10(12)15)17-14(20)19-21/h2-8H,1H3,(H2-,17,19,20,21)/q-1. The Labute approximate surface area is 134 Å². The van der Waals surface area contributed by atoms with Crippen LogP contribution in [-0.4, -0.2) is 11.0 Å². The average molecular weight is 369 g/mol. The number of ether oxygens (including phenoxy) is 1. The van der Waals surface area contributed by atoms with E-state index in [1.807, 2.05) is 0 Å². The van der Waals surface area contributed by atoms with Gasteiger partial charge >= 0.3 is 6.03 Å². The van der Waals surface area contributed by atoms with Crippen molar-refractivity contribution < 1.29 is 13.9 Å². The molecule has 1 aromatic carbocycles. The first-order chi connectivity index (χ1) is 10.5. The van der Waals surface area contributed by atoms with Crippen LogP contribution >= 0.6 is 15.9 Å². The summed E-state index contributed by atoms with van der Waals surface area (Å²) in [5, 5.41) is 12.5. The lowest BCUT2D eigenvalue weighted by atomic mass is 10.2. The molecule has 22 heavy (non-hydrogen) atoms. The maximum Gasteiger partial charge on any atom is 0.308 e. The Hall–Kier alpha value is -2.19. The van der Waals surface area contributed by atoms with Gasteiger partial charge in [0.05, 0.1) is 10.2 Å². The predicted molar refractivity (Wildman–Crippen MR) is 82.9 cm³/mol. The van der Waals surface area contributed by atoms with Gasteiger partial charge < -0.3 is 20.7 Å². The third kappa shape index (κ3) is 4.15. The molecule has 2 amide bonds. The topological polar surface area (TPSA) is 86.3 Å². The SMILES string of the molecule is CC(Oc1ccc(NC(=O)N[O-])cc1Br)c1cccc(F)n1. The molecule has 6 nitrogen and oxygen atoms in total. The summed E-state index contributed by atoms with van der Waals surface area (Å²) < 4.78 is 19.4. The number of carbonyl (C=O) groups is 1. The molecule has 0 aliphatic rings. The van der Waals surface area contributed by atoms with Crippen LogP contribution in [0.3, 0.4) is 0 Å². The lowest BCUT2D eigenvalue weighted by Crippen LogP contribution is -2.22. The number of hydrogen-bond acceptors (Lipinski definition) is 4. The Morgan fingerprint density at radius 1 is 1.41 bits per heavy atom. The number of anilines is 1. The van der Waals surface area contributed by atoms with Crippen molar-refractivity contribution in [3.63, 3.8) is 0 Å². The van der Waals surface area contributed by atoms with Gasteiger partial charge in [0.2, 0.25) is 5.95 Å². The summed E-state index contributed by atoms with van der Waals surface area (Å²) in [6.45, 7) is 1.74. The van der Waals surface area contributed by atoms with Crippen molar-refractivity contribution in [1.82, 2.24) is 10.5 Å². The molecule has 0 saturated carbocycles. The maximum absolute atomic E-state index is 13.1. The van der Waals surface area contributed by atoms with Crippen molar-refractivity contribution in [3.8, 4) is 5.75 Å². The molecule has 0 saturated heterocycles. The summed E-state index contributed by atoms with van der Waals surface area (Å²) in [5.74, 6) is -0.0816. The number of rotatable bonds is 4. The van der Waals surface area contributed by atoms with Gasteiger partial charge in [-0.05, 0) is 53.2 Å². The molecule has 2 rings (SSSR count). The van der Waals surface area contributed by atoms with E-state index in [0.717, 1.165) is 0 Å². The Balaban J connectivity index is 2.11. The smallest absolute Gasteiger partial charge is 0.308 e. The molecule has 2 N–H and O–H groups in total. The molecule has 0 spiro atoms. The van der Waals surface area contributed by atoms with Gasteiger partial charge in [-0.3, -0.25) is 0 Å². The van der Waals surface area contributed by atoms with Crippen LogP contribution in [0, 0.1) is 11.2 Å². The monoisotopic (exact) mass is 368 g/mol. The molecular weight excluding hydrogens is 357 g/mol. The number of nitrogens with one attached hydrogen (secondary N) is 2. The van der Waals surface area contributed by atoms with Gasteiger partial charge in [0.25, 0.3) is 0 Å². The number of benzene rings is 1. The fourth-order valence-electron chi connectivity index (χ4n) is 1.73. The summed E-state index contributed by atoms with van der Waals surface area (Å²) in [6, 6.07) is 8.38. The minimum Gasteiger partial charge on any atom is -0.758 e. The summed E-state index contributed by atoms with van der Waals surface area (Å²) in [4.78, 5) is 14.7. The number of pyridine rings is 1. The van der Waals surface area contributed by atoms with Gasteiger partial charge in [0.15, 0.2) is 0 Å². The van der Waals surface area contributed by atoms with Crippen LogP contribution in [0.2, 0.25) is 0 Å². The van der Waals surface area contributed by atoms with Crippen LogP contribution in [0.15, 0.2) is 40.9 Å². The first-order valence-electron chi connectivity index (χ1n) is 6.27. The van der Waals surface area contributed by atoms with E-state index in [9.17, 15) is 14.4 Å². The molecule has 0 bridgehead atoms. The number of nitrogens with zero attached hydrogens (tertiary/aromatic N) is 1. The van der Waals surface area contributed by atoms with E-state index in [1.165, 1.54) is 11.5 Å². The number of hydroxylamine groups is 1. The van der Waals surface area contributed by atoms with Gasteiger partial charge in [-0.15, -0.1) is 0 Å². The van der Waals surface area contributed by atoms with E-state index >= 15 is 0 Å². The van der Waals surface area contributed by atoms with Crippen LogP contribution in [-0.2, 0) is 0 Å². The Morgan fingerprint density at radius 3 is 2.82 bits per heavy atom. The summed E-state index contributed by atoms with van der Waals surface area (Å²) in [6.07, 6.45) is -0.462. The number of halogens is 2. The molecule has 8 heteroatoms. The highest BCUT2D eigenvalue weighted by molar-refractivity contribution is 9.10. The van der Waals surface area contributed by atoms with Gasteiger partial charge in [0, 0.05) is 5.69 Å². The van der Waals surface area contributed by atoms with Gasteiger partial charge in [0.1, 0.15) is 11.9 Å². The normalized spacial score (nSPS) is 11.6. The van der Waals surface area contributed by atoms with Gasteiger partial charge in [-0.2, -0.15) is 4.39 Å². The first-order valence-corrected chi connectivity index (χ1v) is 7.06. The molecule has 1 unspecified atom stereocenters. The van der Waals surface area contributed by atoms with Gasteiger partial charge in [-0.25, -0.2) is 9.78 Å². The molecular formula is C14H12BrFN3O3-. The highest BCUT2D eigenvalue weighted by Gasteiger charge is 2.12. The quantitative estimate of drug-likeness (QED) is 0.635. The lowest BCUT2D eigenvalue weighted by Gasteiger charge is -2.16. The fraction of sp³-hybridized carbons (Fsp3) is 0.143. The molecule has 0 aliphatic carbocycles. The molecule has 1 heterocycles. The zero-order valence-corrected chi connectivity index (χ0v) is 13.1. The van der Waals surface area contributed by atoms with Crippen molar-refractivity contribution in [3.05, 3.63) is 57.7 Å². The number of carbonyl (C=O) groups excluding carboxylic acids is 1. The highest BCUT2D eigenvalue weighted by Crippen LogP contribution is 2.31. The first kappa shape index (κ1) is 16.2. The third-order valence-corrected chi connectivity index (χ3v) is 3.36. The number of amides is 2. The number of aromatic nitrogens is 1. The van der Waals surface area contributed by atoms with Crippen LogP contribution in [0.1, 0.15) is 18.7 Å². The van der Waals surface area contributed by atoms with E-state index in [-0.39, 0.29) is 0 Å².